The van der Waals surface area contributed by atoms with E-state index >= 15 is 0 Å². The Morgan fingerprint density at radius 2 is 1.75 bits per heavy atom. The molecule has 0 bridgehead atoms. The highest BCUT2D eigenvalue weighted by molar-refractivity contribution is 9.10. The molecule has 0 unspecified atom stereocenters. The van der Waals surface area contributed by atoms with Crippen LogP contribution in [0.1, 0.15) is 29.6 Å². The molecule has 0 radical (unpaired) electrons. The van der Waals surface area contributed by atoms with Gasteiger partial charge in [0.15, 0.2) is 0 Å². The fourth-order valence-corrected chi connectivity index (χ4v) is 3.53. The number of rotatable bonds is 5. The van der Waals surface area contributed by atoms with Crippen LogP contribution in [-0.2, 0) is 9.59 Å². The summed E-state index contributed by atoms with van der Waals surface area (Å²) >= 11 is 3.38. The van der Waals surface area contributed by atoms with Gasteiger partial charge in [0.25, 0.3) is 5.91 Å². The SMILES string of the molecule is O=C(NC1CC1)c1ccccc1NC(=O)[C@@H]1CC(=O)N(c2ccc(Br)cc2)C1. The quantitative estimate of drug-likeness (QED) is 0.746. The molecule has 0 aromatic heterocycles. The molecular formula is C21H20BrN3O3. The fraction of sp³-hybridized carbons (Fsp3) is 0.286. The Labute approximate surface area is 171 Å². The van der Waals surface area contributed by atoms with Crippen molar-refractivity contribution in [2.75, 3.05) is 16.8 Å². The predicted molar refractivity (Wildman–Crippen MR) is 110 cm³/mol. The third-order valence-electron chi connectivity index (χ3n) is 4.98. The number of carbonyl (C=O) groups is 3. The van der Waals surface area contributed by atoms with Gasteiger partial charge in [-0.3, -0.25) is 14.4 Å². The molecule has 28 heavy (non-hydrogen) atoms. The Morgan fingerprint density at radius 3 is 2.46 bits per heavy atom. The topological polar surface area (TPSA) is 78.5 Å². The molecule has 3 amide bonds. The minimum atomic E-state index is -0.462. The summed E-state index contributed by atoms with van der Waals surface area (Å²) in [7, 11) is 0. The molecule has 4 rings (SSSR count). The molecule has 2 N–H and O–H groups in total. The van der Waals surface area contributed by atoms with Gasteiger partial charge in [0.2, 0.25) is 11.8 Å². The molecule has 1 aliphatic carbocycles. The van der Waals surface area contributed by atoms with E-state index in [1.165, 1.54) is 0 Å². The molecule has 1 atom stereocenters. The van der Waals surface area contributed by atoms with Crippen LogP contribution in [0.3, 0.4) is 0 Å². The number of carbonyl (C=O) groups excluding carboxylic acids is 3. The first-order valence-corrected chi connectivity index (χ1v) is 10.1. The smallest absolute Gasteiger partial charge is 0.253 e. The van der Waals surface area contributed by atoms with E-state index in [1.807, 2.05) is 24.3 Å². The summed E-state index contributed by atoms with van der Waals surface area (Å²) in [5.41, 5.74) is 1.68. The minimum absolute atomic E-state index is 0.0813. The first kappa shape index (κ1) is 18.7. The Balaban J connectivity index is 1.45. The molecule has 1 saturated heterocycles. The van der Waals surface area contributed by atoms with E-state index in [0.717, 1.165) is 23.0 Å². The third kappa shape index (κ3) is 4.09. The van der Waals surface area contributed by atoms with Gasteiger partial charge in [0, 0.05) is 29.2 Å². The van der Waals surface area contributed by atoms with Crippen LogP contribution in [0, 0.1) is 5.92 Å². The van der Waals surface area contributed by atoms with Crippen molar-refractivity contribution in [3.63, 3.8) is 0 Å². The van der Waals surface area contributed by atoms with E-state index in [-0.39, 0.29) is 30.2 Å². The number of nitrogens with zero attached hydrogens (tertiary/aromatic N) is 1. The van der Waals surface area contributed by atoms with E-state index in [0.29, 0.717) is 17.8 Å². The fourth-order valence-electron chi connectivity index (χ4n) is 3.27. The maximum atomic E-state index is 12.8. The second-order valence-electron chi connectivity index (χ2n) is 7.16. The third-order valence-corrected chi connectivity index (χ3v) is 5.50. The van der Waals surface area contributed by atoms with Crippen LogP contribution in [0.5, 0.6) is 0 Å². The van der Waals surface area contributed by atoms with Crippen molar-refractivity contribution in [2.45, 2.75) is 25.3 Å². The van der Waals surface area contributed by atoms with Crippen LogP contribution >= 0.6 is 15.9 Å². The highest BCUT2D eigenvalue weighted by atomic mass is 79.9. The predicted octanol–water partition coefficient (Wildman–Crippen LogP) is 3.33. The van der Waals surface area contributed by atoms with Crippen LogP contribution in [0.25, 0.3) is 0 Å². The Hall–Kier alpha value is -2.67. The maximum absolute atomic E-state index is 12.8. The number of nitrogens with one attached hydrogen (secondary N) is 2. The molecule has 144 valence electrons. The molecule has 6 nitrogen and oxygen atoms in total. The van der Waals surface area contributed by atoms with E-state index in [1.54, 1.807) is 29.2 Å². The lowest BCUT2D eigenvalue weighted by Gasteiger charge is -2.17. The summed E-state index contributed by atoms with van der Waals surface area (Å²) in [6, 6.07) is 14.6. The van der Waals surface area contributed by atoms with Gasteiger partial charge in [-0.25, -0.2) is 0 Å². The van der Waals surface area contributed by atoms with Gasteiger partial charge in [0.05, 0.1) is 17.2 Å². The molecule has 2 fully saturated rings. The summed E-state index contributed by atoms with van der Waals surface area (Å²) in [4.78, 5) is 39.2. The van der Waals surface area contributed by atoms with Crippen LogP contribution in [-0.4, -0.2) is 30.3 Å². The molecule has 2 aromatic carbocycles. The lowest BCUT2D eigenvalue weighted by atomic mass is 10.1. The first-order valence-electron chi connectivity index (χ1n) is 9.28. The summed E-state index contributed by atoms with van der Waals surface area (Å²) in [5, 5.41) is 5.78. The number of para-hydroxylation sites is 1. The van der Waals surface area contributed by atoms with Crippen molar-refractivity contribution in [3.8, 4) is 0 Å². The molecule has 1 saturated carbocycles. The van der Waals surface area contributed by atoms with E-state index in [9.17, 15) is 14.4 Å². The van der Waals surface area contributed by atoms with Gasteiger partial charge in [-0.05, 0) is 49.2 Å². The summed E-state index contributed by atoms with van der Waals surface area (Å²) < 4.78 is 0.929. The monoisotopic (exact) mass is 441 g/mol. The van der Waals surface area contributed by atoms with Crippen molar-refractivity contribution >= 4 is 45.0 Å². The standard InChI is InChI=1S/C21H20BrN3O3/c22-14-5-9-16(10-6-14)25-12-13(11-19(25)26)20(27)24-18-4-2-1-3-17(18)21(28)23-15-7-8-15/h1-6,9-10,13,15H,7-8,11-12H2,(H,23,28)(H,24,27)/t13-/m1/s1. The highest BCUT2D eigenvalue weighted by Gasteiger charge is 2.35. The van der Waals surface area contributed by atoms with Crippen LogP contribution in [0.2, 0.25) is 0 Å². The normalized spacial score (nSPS) is 18.8. The average Bonchev–Trinajstić information content (AvgIpc) is 3.41. The van der Waals surface area contributed by atoms with E-state index in [4.69, 9.17) is 0 Å². The number of anilines is 2. The number of hydrogen-bond acceptors (Lipinski definition) is 3. The van der Waals surface area contributed by atoms with Crippen molar-refractivity contribution < 1.29 is 14.4 Å². The lowest BCUT2D eigenvalue weighted by molar-refractivity contribution is -0.122. The zero-order valence-electron chi connectivity index (χ0n) is 15.2. The van der Waals surface area contributed by atoms with Gasteiger partial charge < -0.3 is 15.5 Å². The van der Waals surface area contributed by atoms with Crippen molar-refractivity contribution in [1.82, 2.24) is 5.32 Å². The summed E-state index contributed by atoms with van der Waals surface area (Å²) in [5.74, 6) is -0.977. The summed E-state index contributed by atoms with van der Waals surface area (Å²) in [6.07, 6.45) is 2.14. The number of benzene rings is 2. The van der Waals surface area contributed by atoms with Crippen LogP contribution in [0.15, 0.2) is 53.0 Å². The summed E-state index contributed by atoms with van der Waals surface area (Å²) in [6.45, 7) is 0.322. The lowest BCUT2D eigenvalue weighted by Crippen LogP contribution is -2.30. The largest absolute Gasteiger partial charge is 0.349 e. The molecule has 2 aliphatic rings. The van der Waals surface area contributed by atoms with Crippen LogP contribution < -0.4 is 15.5 Å². The van der Waals surface area contributed by atoms with Gasteiger partial charge in [-0.2, -0.15) is 0 Å². The molecule has 0 spiro atoms. The van der Waals surface area contributed by atoms with Gasteiger partial charge >= 0.3 is 0 Å². The zero-order valence-corrected chi connectivity index (χ0v) is 16.7. The Kier molecular flexibility index (Phi) is 5.17. The molecule has 7 heteroatoms. The van der Waals surface area contributed by atoms with E-state index < -0.39 is 5.92 Å². The minimum Gasteiger partial charge on any atom is -0.349 e. The Bertz CT molecular complexity index is 925. The second kappa shape index (κ2) is 7.75. The molecule has 1 aliphatic heterocycles. The second-order valence-corrected chi connectivity index (χ2v) is 8.08. The highest BCUT2D eigenvalue weighted by Crippen LogP contribution is 2.28. The van der Waals surface area contributed by atoms with E-state index in [2.05, 4.69) is 26.6 Å². The molecule has 2 aromatic rings. The number of amides is 3. The van der Waals surface area contributed by atoms with Crippen molar-refractivity contribution in [2.24, 2.45) is 5.92 Å². The Morgan fingerprint density at radius 1 is 1.04 bits per heavy atom. The molecular weight excluding hydrogens is 422 g/mol. The maximum Gasteiger partial charge on any atom is 0.253 e. The van der Waals surface area contributed by atoms with Gasteiger partial charge in [0.1, 0.15) is 0 Å². The van der Waals surface area contributed by atoms with Crippen molar-refractivity contribution in [1.29, 1.82) is 0 Å². The number of halogens is 1. The number of hydrogen-bond donors (Lipinski definition) is 2. The zero-order chi connectivity index (χ0) is 19.7. The van der Waals surface area contributed by atoms with Crippen molar-refractivity contribution in [3.05, 3.63) is 58.6 Å². The average molecular weight is 442 g/mol. The van der Waals surface area contributed by atoms with Gasteiger partial charge in [-0.15, -0.1) is 0 Å². The first-order chi connectivity index (χ1) is 13.5. The van der Waals surface area contributed by atoms with Crippen LogP contribution in [0.4, 0.5) is 11.4 Å². The van der Waals surface area contributed by atoms with Gasteiger partial charge in [-0.1, -0.05) is 28.1 Å². The molecule has 1 heterocycles.